The molecule has 3 rings (SSSR count). The second-order valence-electron chi connectivity index (χ2n) is 3.57. The summed E-state index contributed by atoms with van der Waals surface area (Å²) in [7, 11) is 0. The number of nitrogens with zero attached hydrogens (tertiary/aromatic N) is 2. The van der Waals surface area contributed by atoms with Crippen molar-refractivity contribution in [1.29, 1.82) is 0 Å². The van der Waals surface area contributed by atoms with E-state index in [-0.39, 0.29) is 5.82 Å². The number of halogens is 1. The second-order valence-corrected chi connectivity index (χ2v) is 4.46. The van der Waals surface area contributed by atoms with E-state index in [1.807, 2.05) is 5.38 Å². The SMILES string of the molecule is Nc1nc(Cc2nc3cc(F)ccc3o2)cs1. The molecule has 2 N–H and O–H groups in total. The highest BCUT2D eigenvalue weighted by Crippen LogP contribution is 2.20. The number of aromatic nitrogens is 2. The highest BCUT2D eigenvalue weighted by Gasteiger charge is 2.09. The van der Waals surface area contributed by atoms with Crippen LogP contribution in [0.4, 0.5) is 9.52 Å². The lowest BCUT2D eigenvalue weighted by molar-refractivity contribution is 0.542. The zero-order valence-electron chi connectivity index (χ0n) is 8.68. The van der Waals surface area contributed by atoms with Gasteiger partial charge < -0.3 is 10.2 Å². The normalized spacial score (nSPS) is 11.1. The van der Waals surface area contributed by atoms with Crippen LogP contribution >= 0.6 is 11.3 Å². The van der Waals surface area contributed by atoms with Crippen molar-refractivity contribution < 1.29 is 8.81 Å². The van der Waals surface area contributed by atoms with E-state index >= 15 is 0 Å². The van der Waals surface area contributed by atoms with Gasteiger partial charge in [0.25, 0.3) is 0 Å². The first-order chi connectivity index (χ1) is 8.20. The summed E-state index contributed by atoms with van der Waals surface area (Å²) in [5.41, 5.74) is 7.43. The number of oxazole rings is 1. The van der Waals surface area contributed by atoms with E-state index in [0.717, 1.165) is 5.69 Å². The molecule has 86 valence electrons. The van der Waals surface area contributed by atoms with Crippen LogP contribution in [0.1, 0.15) is 11.6 Å². The number of rotatable bonds is 2. The molecule has 4 nitrogen and oxygen atoms in total. The molecule has 0 saturated heterocycles. The molecular weight excluding hydrogens is 241 g/mol. The third-order valence-electron chi connectivity index (χ3n) is 2.30. The number of nitrogen functional groups attached to an aromatic ring is 1. The van der Waals surface area contributed by atoms with Crippen LogP contribution in [0.5, 0.6) is 0 Å². The molecule has 0 amide bonds. The van der Waals surface area contributed by atoms with Gasteiger partial charge in [0.15, 0.2) is 10.7 Å². The number of thiazole rings is 1. The van der Waals surface area contributed by atoms with E-state index in [9.17, 15) is 4.39 Å². The monoisotopic (exact) mass is 249 g/mol. The fourth-order valence-corrected chi connectivity index (χ4v) is 2.15. The number of hydrogen-bond acceptors (Lipinski definition) is 5. The van der Waals surface area contributed by atoms with Gasteiger partial charge in [-0.25, -0.2) is 14.4 Å². The molecule has 2 aromatic heterocycles. The fraction of sp³-hybridized carbons (Fsp3) is 0.0909. The Morgan fingerprint density at radius 1 is 1.35 bits per heavy atom. The minimum absolute atomic E-state index is 0.324. The van der Waals surface area contributed by atoms with Gasteiger partial charge in [-0.2, -0.15) is 0 Å². The fourth-order valence-electron chi connectivity index (χ4n) is 1.58. The Morgan fingerprint density at radius 2 is 2.24 bits per heavy atom. The molecule has 0 radical (unpaired) electrons. The molecule has 3 aromatic rings. The van der Waals surface area contributed by atoms with Gasteiger partial charge in [-0.05, 0) is 12.1 Å². The maximum absolute atomic E-state index is 13.0. The van der Waals surface area contributed by atoms with Gasteiger partial charge in [0, 0.05) is 11.4 Å². The predicted molar refractivity (Wildman–Crippen MR) is 63.3 cm³/mol. The summed E-state index contributed by atoms with van der Waals surface area (Å²) >= 11 is 1.37. The summed E-state index contributed by atoms with van der Waals surface area (Å²) in [6.45, 7) is 0. The number of nitrogens with two attached hydrogens (primary N) is 1. The van der Waals surface area contributed by atoms with Crippen LogP contribution < -0.4 is 5.73 Å². The van der Waals surface area contributed by atoms with Gasteiger partial charge in [-0.15, -0.1) is 11.3 Å². The van der Waals surface area contributed by atoms with Crippen molar-refractivity contribution in [2.75, 3.05) is 5.73 Å². The van der Waals surface area contributed by atoms with Crippen molar-refractivity contribution in [3.05, 3.63) is 41.0 Å². The Bertz CT molecular complexity index is 676. The largest absolute Gasteiger partial charge is 0.440 e. The Morgan fingerprint density at radius 3 is 3.00 bits per heavy atom. The third-order valence-corrected chi connectivity index (χ3v) is 3.02. The van der Waals surface area contributed by atoms with Crippen molar-refractivity contribution in [1.82, 2.24) is 9.97 Å². The number of anilines is 1. The highest BCUT2D eigenvalue weighted by molar-refractivity contribution is 7.13. The minimum Gasteiger partial charge on any atom is -0.440 e. The summed E-state index contributed by atoms with van der Waals surface area (Å²) < 4.78 is 18.4. The predicted octanol–water partition coefficient (Wildman–Crippen LogP) is 2.60. The van der Waals surface area contributed by atoms with Gasteiger partial charge in [0.2, 0.25) is 5.89 Å². The van der Waals surface area contributed by atoms with E-state index in [4.69, 9.17) is 10.2 Å². The minimum atomic E-state index is -0.324. The van der Waals surface area contributed by atoms with Gasteiger partial charge in [-0.1, -0.05) is 0 Å². The smallest absolute Gasteiger partial charge is 0.201 e. The molecule has 0 aliphatic rings. The molecule has 0 fully saturated rings. The van der Waals surface area contributed by atoms with E-state index in [0.29, 0.717) is 28.5 Å². The first kappa shape index (κ1) is 10.2. The Hall–Kier alpha value is -1.95. The standard InChI is InChI=1S/C11H8FN3OS/c12-6-1-2-9-8(3-6)15-10(16-9)4-7-5-17-11(13)14-7/h1-3,5H,4H2,(H2,13,14). The first-order valence-corrected chi connectivity index (χ1v) is 5.83. The van der Waals surface area contributed by atoms with E-state index in [1.54, 1.807) is 6.07 Å². The van der Waals surface area contributed by atoms with Crippen LogP contribution in [-0.2, 0) is 6.42 Å². The van der Waals surface area contributed by atoms with Crippen LogP contribution in [-0.4, -0.2) is 9.97 Å². The van der Waals surface area contributed by atoms with Gasteiger partial charge in [0.05, 0.1) is 12.1 Å². The van der Waals surface area contributed by atoms with Crippen LogP contribution in [0.25, 0.3) is 11.1 Å². The lowest BCUT2D eigenvalue weighted by atomic mass is 10.3. The summed E-state index contributed by atoms with van der Waals surface area (Å²) in [6.07, 6.45) is 0.462. The first-order valence-electron chi connectivity index (χ1n) is 4.95. The molecule has 6 heteroatoms. The molecule has 1 aromatic carbocycles. The lowest BCUT2D eigenvalue weighted by Crippen LogP contribution is -1.89. The zero-order chi connectivity index (χ0) is 11.8. The van der Waals surface area contributed by atoms with E-state index in [1.165, 1.54) is 23.5 Å². The van der Waals surface area contributed by atoms with Crippen LogP contribution in [0, 0.1) is 5.82 Å². The molecule has 0 saturated carbocycles. The molecule has 0 bridgehead atoms. The zero-order valence-corrected chi connectivity index (χ0v) is 9.50. The number of hydrogen-bond donors (Lipinski definition) is 1. The Kier molecular flexibility index (Phi) is 2.29. The maximum Gasteiger partial charge on any atom is 0.201 e. The maximum atomic E-state index is 13.0. The van der Waals surface area contributed by atoms with Gasteiger partial charge in [-0.3, -0.25) is 0 Å². The Labute approximate surface area is 99.9 Å². The topological polar surface area (TPSA) is 64.9 Å². The van der Waals surface area contributed by atoms with Crippen LogP contribution in [0.15, 0.2) is 28.0 Å². The molecule has 2 heterocycles. The molecule has 0 aliphatic carbocycles. The highest BCUT2D eigenvalue weighted by atomic mass is 32.1. The molecule has 0 unspecified atom stereocenters. The summed E-state index contributed by atoms with van der Waals surface area (Å²) in [5, 5.41) is 2.37. The number of fused-ring (bicyclic) bond motifs is 1. The average Bonchev–Trinajstić information content (AvgIpc) is 2.84. The van der Waals surface area contributed by atoms with Crippen LogP contribution in [0.2, 0.25) is 0 Å². The quantitative estimate of drug-likeness (QED) is 0.758. The van der Waals surface area contributed by atoms with Gasteiger partial charge in [0.1, 0.15) is 11.3 Å². The van der Waals surface area contributed by atoms with Crippen molar-refractivity contribution in [2.45, 2.75) is 6.42 Å². The van der Waals surface area contributed by atoms with E-state index in [2.05, 4.69) is 9.97 Å². The summed E-state index contributed by atoms with van der Waals surface area (Å²) in [4.78, 5) is 8.31. The third kappa shape index (κ3) is 1.99. The summed E-state index contributed by atoms with van der Waals surface area (Å²) in [5.74, 6) is 0.186. The van der Waals surface area contributed by atoms with Crippen molar-refractivity contribution >= 4 is 27.6 Å². The summed E-state index contributed by atoms with van der Waals surface area (Å²) in [6, 6.07) is 4.26. The molecule has 17 heavy (non-hydrogen) atoms. The van der Waals surface area contributed by atoms with Crippen molar-refractivity contribution in [3.63, 3.8) is 0 Å². The van der Waals surface area contributed by atoms with Crippen molar-refractivity contribution in [2.24, 2.45) is 0 Å². The average molecular weight is 249 g/mol. The van der Waals surface area contributed by atoms with Crippen molar-refractivity contribution in [3.8, 4) is 0 Å². The molecule has 0 aliphatic heterocycles. The lowest BCUT2D eigenvalue weighted by Gasteiger charge is -1.88. The van der Waals surface area contributed by atoms with Crippen LogP contribution in [0.3, 0.4) is 0 Å². The molecule has 0 atom stereocenters. The molecule has 0 spiro atoms. The second kappa shape index (κ2) is 3.81. The Balaban J connectivity index is 1.95. The number of benzene rings is 1. The van der Waals surface area contributed by atoms with Gasteiger partial charge >= 0.3 is 0 Å². The molecular formula is C11H8FN3OS. The van der Waals surface area contributed by atoms with E-state index < -0.39 is 0 Å².